The van der Waals surface area contributed by atoms with Gasteiger partial charge in [0.2, 0.25) is 0 Å². The SMILES string of the molecule is CCNC(=O)NS(=O)(=O)c1ccc(-n2nc(C(=O)OCC)cc2/C(C)=C/c2ccccc2)cc1. The molecule has 10 heteroatoms. The number of esters is 1. The maximum atomic E-state index is 12.4. The Bertz CT molecular complexity index is 1300. The van der Waals surface area contributed by atoms with E-state index < -0.39 is 22.0 Å². The van der Waals surface area contributed by atoms with Crippen molar-refractivity contribution >= 4 is 33.7 Å². The maximum Gasteiger partial charge on any atom is 0.358 e. The Hall–Kier alpha value is -3.92. The molecule has 0 fully saturated rings. The van der Waals surface area contributed by atoms with Crippen LogP contribution in [0, 0.1) is 0 Å². The largest absolute Gasteiger partial charge is 0.461 e. The number of hydrogen-bond acceptors (Lipinski definition) is 6. The minimum Gasteiger partial charge on any atom is -0.461 e. The van der Waals surface area contributed by atoms with Crippen LogP contribution in [-0.4, -0.2) is 43.4 Å². The number of urea groups is 1. The molecule has 0 spiro atoms. The van der Waals surface area contributed by atoms with Crippen molar-refractivity contribution in [3.8, 4) is 5.69 Å². The van der Waals surface area contributed by atoms with E-state index in [4.69, 9.17) is 4.74 Å². The van der Waals surface area contributed by atoms with Crippen molar-refractivity contribution in [1.82, 2.24) is 19.8 Å². The molecule has 1 heterocycles. The Labute approximate surface area is 198 Å². The number of aromatic nitrogens is 2. The van der Waals surface area contributed by atoms with E-state index in [0.29, 0.717) is 17.9 Å². The number of allylic oxidation sites excluding steroid dienone is 1. The van der Waals surface area contributed by atoms with Crippen LogP contribution in [0.25, 0.3) is 17.3 Å². The van der Waals surface area contributed by atoms with E-state index in [1.807, 2.05) is 48.1 Å². The van der Waals surface area contributed by atoms with Crippen LogP contribution in [0.3, 0.4) is 0 Å². The lowest BCUT2D eigenvalue weighted by Gasteiger charge is -2.10. The number of ether oxygens (including phenoxy) is 1. The topological polar surface area (TPSA) is 119 Å². The minimum atomic E-state index is -4.04. The molecule has 0 aliphatic rings. The first-order valence-corrected chi connectivity index (χ1v) is 12.2. The van der Waals surface area contributed by atoms with E-state index >= 15 is 0 Å². The Balaban J connectivity index is 2.00. The van der Waals surface area contributed by atoms with Crippen LogP contribution in [0.2, 0.25) is 0 Å². The number of carbonyl (C=O) groups is 2. The molecule has 3 aromatic rings. The van der Waals surface area contributed by atoms with E-state index in [9.17, 15) is 18.0 Å². The predicted octanol–water partition coefficient (Wildman–Crippen LogP) is 3.62. The zero-order valence-corrected chi connectivity index (χ0v) is 19.9. The molecule has 3 rings (SSSR count). The second-order valence-electron chi connectivity index (χ2n) is 7.24. The molecule has 2 aromatic carbocycles. The lowest BCUT2D eigenvalue weighted by atomic mass is 10.1. The molecule has 2 amide bonds. The zero-order valence-electron chi connectivity index (χ0n) is 19.1. The summed E-state index contributed by atoms with van der Waals surface area (Å²) in [5, 5.41) is 6.78. The van der Waals surface area contributed by atoms with Crippen molar-refractivity contribution in [2.45, 2.75) is 25.7 Å². The van der Waals surface area contributed by atoms with E-state index in [2.05, 4.69) is 10.4 Å². The number of rotatable bonds is 8. The molecular formula is C24H26N4O5S. The average Bonchev–Trinajstić information content (AvgIpc) is 3.26. The molecule has 9 nitrogen and oxygen atoms in total. The van der Waals surface area contributed by atoms with Crippen molar-refractivity contribution in [1.29, 1.82) is 0 Å². The molecule has 2 N–H and O–H groups in total. The second-order valence-corrected chi connectivity index (χ2v) is 8.93. The number of nitrogens with zero attached hydrogens (tertiary/aromatic N) is 2. The number of benzene rings is 2. The smallest absolute Gasteiger partial charge is 0.358 e. The number of sulfonamides is 1. The van der Waals surface area contributed by atoms with E-state index in [1.54, 1.807) is 36.7 Å². The van der Waals surface area contributed by atoms with Gasteiger partial charge < -0.3 is 10.1 Å². The van der Waals surface area contributed by atoms with Crippen LogP contribution in [0.15, 0.2) is 65.6 Å². The molecule has 0 aliphatic heterocycles. The van der Waals surface area contributed by atoms with E-state index in [0.717, 1.165) is 11.1 Å². The average molecular weight is 483 g/mol. The van der Waals surface area contributed by atoms with E-state index in [1.165, 1.54) is 12.1 Å². The van der Waals surface area contributed by atoms with Gasteiger partial charge in [-0.2, -0.15) is 5.10 Å². The molecule has 178 valence electrons. The summed E-state index contributed by atoms with van der Waals surface area (Å²) in [5.74, 6) is -0.555. The fourth-order valence-electron chi connectivity index (χ4n) is 3.18. The quantitative estimate of drug-likeness (QED) is 0.473. The summed E-state index contributed by atoms with van der Waals surface area (Å²) in [6, 6.07) is 16.3. The first kappa shape index (κ1) is 24.7. The van der Waals surface area contributed by atoms with Gasteiger partial charge in [0.25, 0.3) is 10.0 Å². The number of nitrogens with one attached hydrogen (secondary N) is 2. The van der Waals surface area contributed by atoms with Gasteiger partial charge in [0.15, 0.2) is 5.69 Å². The summed E-state index contributed by atoms with van der Waals surface area (Å²) in [5.41, 5.74) is 3.12. The monoisotopic (exact) mass is 482 g/mol. The molecular weight excluding hydrogens is 456 g/mol. The van der Waals surface area contributed by atoms with Crippen LogP contribution in [0.4, 0.5) is 4.79 Å². The van der Waals surface area contributed by atoms with Crippen LogP contribution < -0.4 is 10.0 Å². The van der Waals surface area contributed by atoms with Gasteiger partial charge in [0.1, 0.15) is 0 Å². The first-order chi connectivity index (χ1) is 16.2. The standard InChI is InChI=1S/C24H26N4O5S/c1-4-25-24(30)27-34(31,32)20-13-11-19(12-14-20)28-22(16-21(26-28)23(29)33-5-2)17(3)15-18-9-7-6-8-10-18/h6-16H,4-5H2,1-3H3,(H2,25,27,30)/b17-15+. The summed E-state index contributed by atoms with van der Waals surface area (Å²) in [4.78, 5) is 23.9. The maximum absolute atomic E-state index is 12.4. The molecule has 0 aliphatic carbocycles. The lowest BCUT2D eigenvalue weighted by Crippen LogP contribution is -2.39. The fourth-order valence-corrected chi connectivity index (χ4v) is 4.11. The van der Waals surface area contributed by atoms with Gasteiger partial charge in [-0.15, -0.1) is 0 Å². The number of hydrogen-bond donors (Lipinski definition) is 2. The summed E-state index contributed by atoms with van der Waals surface area (Å²) in [6.07, 6.45) is 1.96. The van der Waals surface area contributed by atoms with Crippen molar-refractivity contribution in [3.05, 3.63) is 77.6 Å². The van der Waals surface area contributed by atoms with Crippen molar-refractivity contribution in [2.24, 2.45) is 0 Å². The normalized spacial score (nSPS) is 11.7. The van der Waals surface area contributed by atoms with Gasteiger partial charge >= 0.3 is 12.0 Å². The van der Waals surface area contributed by atoms with Crippen LogP contribution in [0.1, 0.15) is 42.5 Å². The first-order valence-electron chi connectivity index (χ1n) is 10.7. The van der Waals surface area contributed by atoms with Gasteiger partial charge in [0.05, 0.1) is 22.9 Å². The third kappa shape index (κ3) is 5.90. The van der Waals surface area contributed by atoms with Gasteiger partial charge in [-0.3, -0.25) is 0 Å². The van der Waals surface area contributed by atoms with Crippen LogP contribution in [-0.2, 0) is 14.8 Å². The Kier molecular flexibility index (Phi) is 7.85. The highest BCUT2D eigenvalue weighted by Gasteiger charge is 2.20. The van der Waals surface area contributed by atoms with Gasteiger partial charge in [-0.25, -0.2) is 27.4 Å². The zero-order chi connectivity index (χ0) is 24.7. The Morgan fingerprint density at radius 2 is 1.74 bits per heavy atom. The third-order valence-corrected chi connectivity index (χ3v) is 6.08. The number of carbonyl (C=O) groups excluding carboxylic acids is 2. The molecule has 0 saturated heterocycles. The molecule has 34 heavy (non-hydrogen) atoms. The lowest BCUT2D eigenvalue weighted by molar-refractivity contribution is 0.0519. The Morgan fingerprint density at radius 1 is 1.06 bits per heavy atom. The molecule has 0 atom stereocenters. The van der Waals surface area contributed by atoms with Gasteiger partial charge in [0, 0.05) is 6.54 Å². The molecule has 1 aromatic heterocycles. The highest BCUT2D eigenvalue weighted by atomic mass is 32.2. The van der Waals surface area contributed by atoms with Crippen LogP contribution >= 0.6 is 0 Å². The number of amides is 2. The highest BCUT2D eigenvalue weighted by molar-refractivity contribution is 7.90. The summed E-state index contributed by atoms with van der Waals surface area (Å²) in [6.45, 7) is 5.79. The minimum absolute atomic E-state index is 0.0848. The second kappa shape index (κ2) is 10.8. The van der Waals surface area contributed by atoms with Crippen molar-refractivity contribution in [2.75, 3.05) is 13.2 Å². The molecule has 0 unspecified atom stereocenters. The summed E-state index contributed by atoms with van der Waals surface area (Å²) in [7, 11) is -4.04. The predicted molar refractivity (Wildman–Crippen MR) is 129 cm³/mol. The van der Waals surface area contributed by atoms with Crippen molar-refractivity contribution in [3.63, 3.8) is 0 Å². The molecule has 0 radical (unpaired) electrons. The third-order valence-electron chi connectivity index (χ3n) is 4.74. The van der Waals surface area contributed by atoms with E-state index in [-0.39, 0.29) is 17.2 Å². The fraction of sp³-hybridized carbons (Fsp3) is 0.208. The van der Waals surface area contributed by atoms with Gasteiger partial charge in [-0.1, -0.05) is 30.3 Å². The van der Waals surface area contributed by atoms with Crippen LogP contribution in [0.5, 0.6) is 0 Å². The van der Waals surface area contributed by atoms with Crippen molar-refractivity contribution < 1.29 is 22.7 Å². The highest BCUT2D eigenvalue weighted by Crippen LogP contribution is 2.24. The summed E-state index contributed by atoms with van der Waals surface area (Å²) < 4.78 is 33.5. The summed E-state index contributed by atoms with van der Waals surface area (Å²) >= 11 is 0. The Morgan fingerprint density at radius 3 is 2.35 bits per heavy atom. The molecule has 0 bridgehead atoms. The van der Waals surface area contributed by atoms with Gasteiger partial charge in [-0.05, 0) is 68.3 Å². The molecule has 0 saturated carbocycles.